The van der Waals surface area contributed by atoms with Crippen LogP contribution in [0.15, 0.2) is 34.4 Å². The van der Waals surface area contributed by atoms with Crippen molar-refractivity contribution in [1.29, 1.82) is 0 Å². The SMILES string of the molecule is COc1cccc(-c2csc(=O)n2CC(=O)NC2CCCCC2)c1. The summed E-state index contributed by atoms with van der Waals surface area (Å²) in [4.78, 5) is 24.4. The Hall–Kier alpha value is -2.08. The first kappa shape index (κ1) is 16.8. The third-order valence-electron chi connectivity index (χ3n) is 4.42. The third-order valence-corrected chi connectivity index (χ3v) is 5.18. The topological polar surface area (TPSA) is 60.3 Å². The molecule has 24 heavy (non-hydrogen) atoms. The monoisotopic (exact) mass is 346 g/mol. The van der Waals surface area contributed by atoms with Crippen LogP contribution in [0.4, 0.5) is 0 Å². The van der Waals surface area contributed by atoms with Crippen molar-refractivity contribution < 1.29 is 9.53 Å². The van der Waals surface area contributed by atoms with Gasteiger partial charge < -0.3 is 10.1 Å². The van der Waals surface area contributed by atoms with Crippen molar-refractivity contribution in [2.75, 3.05) is 7.11 Å². The number of nitrogens with one attached hydrogen (secondary N) is 1. The lowest BCUT2D eigenvalue weighted by Gasteiger charge is -2.23. The summed E-state index contributed by atoms with van der Waals surface area (Å²) in [5, 5.41) is 4.86. The average Bonchev–Trinajstić information content (AvgIpc) is 2.96. The predicted octanol–water partition coefficient (Wildman–Crippen LogP) is 3.03. The number of thiazole rings is 1. The van der Waals surface area contributed by atoms with Crippen LogP contribution < -0.4 is 14.9 Å². The Labute approximate surface area is 145 Å². The second-order valence-electron chi connectivity index (χ2n) is 6.11. The third kappa shape index (κ3) is 3.87. The quantitative estimate of drug-likeness (QED) is 0.905. The van der Waals surface area contributed by atoms with Crippen LogP contribution in [0.3, 0.4) is 0 Å². The highest BCUT2D eigenvalue weighted by Crippen LogP contribution is 2.24. The largest absolute Gasteiger partial charge is 0.497 e. The maximum atomic E-state index is 12.3. The molecule has 0 aliphatic heterocycles. The molecule has 1 fully saturated rings. The van der Waals surface area contributed by atoms with Crippen LogP contribution in [0.2, 0.25) is 0 Å². The number of rotatable bonds is 5. The van der Waals surface area contributed by atoms with Crippen molar-refractivity contribution in [3.8, 4) is 17.0 Å². The maximum absolute atomic E-state index is 12.3. The number of amides is 1. The van der Waals surface area contributed by atoms with E-state index in [9.17, 15) is 9.59 Å². The van der Waals surface area contributed by atoms with Crippen LogP contribution in [0, 0.1) is 0 Å². The molecule has 1 N–H and O–H groups in total. The molecule has 0 unspecified atom stereocenters. The molecule has 0 spiro atoms. The molecule has 0 radical (unpaired) electrons. The minimum absolute atomic E-state index is 0.0609. The molecule has 128 valence electrons. The number of methoxy groups -OCH3 is 1. The fraction of sp³-hybridized carbons (Fsp3) is 0.444. The Balaban J connectivity index is 1.77. The zero-order chi connectivity index (χ0) is 16.9. The van der Waals surface area contributed by atoms with Gasteiger partial charge in [-0.2, -0.15) is 0 Å². The number of hydrogen-bond donors (Lipinski definition) is 1. The van der Waals surface area contributed by atoms with Crippen LogP contribution in [0.1, 0.15) is 32.1 Å². The van der Waals surface area contributed by atoms with Crippen LogP contribution >= 0.6 is 11.3 Å². The molecule has 1 aromatic carbocycles. The van der Waals surface area contributed by atoms with E-state index in [0.29, 0.717) is 0 Å². The fourth-order valence-corrected chi connectivity index (χ4v) is 3.92. The molecule has 1 aromatic heterocycles. The second-order valence-corrected chi connectivity index (χ2v) is 6.93. The molecule has 0 bridgehead atoms. The van der Waals surface area contributed by atoms with E-state index in [0.717, 1.165) is 41.2 Å². The van der Waals surface area contributed by atoms with Gasteiger partial charge in [-0.15, -0.1) is 0 Å². The van der Waals surface area contributed by atoms with E-state index in [2.05, 4.69) is 5.32 Å². The highest BCUT2D eigenvalue weighted by atomic mass is 32.1. The zero-order valence-corrected chi connectivity index (χ0v) is 14.6. The Bertz CT molecular complexity index is 760. The molecule has 6 heteroatoms. The van der Waals surface area contributed by atoms with E-state index in [4.69, 9.17) is 4.74 Å². The minimum Gasteiger partial charge on any atom is -0.497 e. The lowest BCUT2D eigenvalue weighted by molar-refractivity contribution is -0.122. The van der Waals surface area contributed by atoms with E-state index in [1.807, 2.05) is 24.3 Å². The summed E-state index contributed by atoms with van der Waals surface area (Å²) in [5.41, 5.74) is 1.63. The molecule has 2 aromatic rings. The molecule has 5 nitrogen and oxygen atoms in total. The van der Waals surface area contributed by atoms with Crippen LogP contribution in [0.5, 0.6) is 5.75 Å². The normalized spacial score (nSPS) is 15.2. The first-order valence-electron chi connectivity index (χ1n) is 8.29. The highest BCUT2D eigenvalue weighted by Gasteiger charge is 2.18. The Morgan fingerprint density at radius 2 is 2.12 bits per heavy atom. The van der Waals surface area contributed by atoms with Gasteiger partial charge >= 0.3 is 4.87 Å². The predicted molar refractivity (Wildman–Crippen MR) is 95.6 cm³/mol. The zero-order valence-electron chi connectivity index (χ0n) is 13.8. The van der Waals surface area contributed by atoms with Gasteiger partial charge in [0.1, 0.15) is 12.3 Å². The van der Waals surface area contributed by atoms with Crippen molar-refractivity contribution in [3.05, 3.63) is 39.3 Å². The number of benzene rings is 1. The van der Waals surface area contributed by atoms with E-state index >= 15 is 0 Å². The molecule has 1 aliphatic rings. The van der Waals surface area contributed by atoms with Gasteiger partial charge in [0.25, 0.3) is 0 Å². The first-order chi connectivity index (χ1) is 11.7. The molecule has 3 rings (SSSR count). The second kappa shape index (κ2) is 7.66. The summed E-state index contributed by atoms with van der Waals surface area (Å²) in [6, 6.07) is 7.77. The van der Waals surface area contributed by atoms with Gasteiger partial charge in [-0.25, -0.2) is 0 Å². The minimum atomic E-state index is -0.119. The van der Waals surface area contributed by atoms with Gasteiger partial charge in [-0.05, 0) is 25.0 Å². The molecule has 0 saturated heterocycles. The molecule has 0 atom stereocenters. The summed E-state index contributed by atoms with van der Waals surface area (Å²) in [5.74, 6) is 0.635. The number of carbonyl (C=O) groups excluding carboxylic acids is 1. The molecular weight excluding hydrogens is 324 g/mol. The molecule has 1 saturated carbocycles. The number of aromatic nitrogens is 1. The molecule has 1 aliphatic carbocycles. The highest BCUT2D eigenvalue weighted by molar-refractivity contribution is 7.07. The van der Waals surface area contributed by atoms with Gasteiger partial charge in [0.15, 0.2) is 0 Å². The van der Waals surface area contributed by atoms with Gasteiger partial charge in [0.05, 0.1) is 12.8 Å². The van der Waals surface area contributed by atoms with E-state index in [-0.39, 0.29) is 23.4 Å². The van der Waals surface area contributed by atoms with Crippen molar-refractivity contribution in [2.24, 2.45) is 0 Å². The van der Waals surface area contributed by atoms with E-state index in [1.165, 1.54) is 23.8 Å². The number of ether oxygens (including phenoxy) is 1. The van der Waals surface area contributed by atoms with Gasteiger partial charge in [0, 0.05) is 17.0 Å². The Morgan fingerprint density at radius 1 is 1.33 bits per heavy atom. The summed E-state index contributed by atoms with van der Waals surface area (Å²) >= 11 is 1.11. The van der Waals surface area contributed by atoms with Gasteiger partial charge in [-0.1, -0.05) is 42.7 Å². The Kier molecular flexibility index (Phi) is 5.35. The Morgan fingerprint density at radius 3 is 2.88 bits per heavy atom. The van der Waals surface area contributed by atoms with Crippen LogP contribution in [0.25, 0.3) is 11.3 Å². The summed E-state index contributed by atoms with van der Waals surface area (Å²) in [6.45, 7) is 0.0609. The lowest BCUT2D eigenvalue weighted by atomic mass is 9.95. The number of nitrogens with zero attached hydrogens (tertiary/aromatic N) is 1. The van der Waals surface area contributed by atoms with Gasteiger partial charge in [-0.3, -0.25) is 14.2 Å². The van der Waals surface area contributed by atoms with E-state index in [1.54, 1.807) is 12.5 Å². The first-order valence-corrected chi connectivity index (χ1v) is 9.17. The summed E-state index contributed by atoms with van der Waals surface area (Å²) in [7, 11) is 1.61. The smallest absolute Gasteiger partial charge is 0.308 e. The van der Waals surface area contributed by atoms with Crippen molar-refractivity contribution in [2.45, 2.75) is 44.7 Å². The van der Waals surface area contributed by atoms with Crippen molar-refractivity contribution in [1.82, 2.24) is 9.88 Å². The number of hydrogen-bond acceptors (Lipinski definition) is 4. The van der Waals surface area contributed by atoms with Crippen LogP contribution in [-0.4, -0.2) is 23.6 Å². The van der Waals surface area contributed by atoms with Gasteiger partial charge in [0.2, 0.25) is 5.91 Å². The summed E-state index contributed by atoms with van der Waals surface area (Å²) in [6.07, 6.45) is 5.65. The summed E-state index contributed by atoms with van der Waals surface area (Å²) < 4.78 is 6.78. The fourth-order valence-electron chi connectivity index (χ4n) is 3.15. The van der Waals surface area contributed by atoms with Crippen molar-refractivity contribution in [3.63, 3.8) is 0 Å². The van der Waals surface area contributed by atoms with Crippen LogP contribution in [-0.2, 0) is 11.3 Å². The van der Waals surface area contributed by atoms with E-state index < -0.39 is 0 Å². The number of carbonyl (C=O) groups is 1. The molecular formula is C18H22N2O3S. The molecule has 1 heterocycles. The standard InChI is InChI=1S/C18H22N2O3S/c1-23-15-9-5-6-13(10-15)16-12-24-18(22)20(16)11-17(21)19-14-7-3-2-4-8-14/h5-6,9-10,12,14H,2-4,7-8,11H2,1H3,(H,19,21). The molecule has 1 amide bonds. The maximum Gasteiger partial charge on any atom is 0.308 e. The van der Waals surface area contributed by atoms with Crippen molar-refractivity contribution >= 4 is 17.2 Å². The lowest BCUT2D eigenvalue weighted by Crippen LogP contribution is -2.39. The average molecular weight is 346 g/mol.